The van der Waals surface area contributed by atoms with Crippen molar-refractivity contribution in [3.8, 4) is 0 Å². The summed E-state index contributed by atoms with van der Waals surface area (Å²) in [7, 11) is 0. The van der Waals surface area contributed by atoms with Crippen molar-refractivity contribution in [1.82, 2.24) is 25.0 Å². The highest BCUT2D eigenvalue weighted by Gasteiger charge is 2.34. The Morgan fingerprint density at radius 2 is 2.04 bits per heavy atom. The van der Waals surface area contributed by atoms with Crippen molar-refractivity contribution in [3.63, 3.8) is 0 Å². The average molecular weight is 383 g/mol. The van der Waals surface area contributed by atoms with Gasteiger partial charge < -0.3 is 9.64 Å². The number of morpholine rings is 1. The first kappa shape index (κ1) is 19.1. The predicted molar refractivity (Wildman–Crippen MR) is 106 cm³/mol. The van der Waals surface area contributed by atoms with E-state index in [-0.39, 0.29) is 11.9 Å². The lowest BCUT2D eigenvalue weighted by atomic mass is 9.90. The van der Waals surface area contributed by atoms with Crippen molar-refractivity contribution >= 4 is 5.91 Å². The third-order valence-electron chi connectivity index (χ3n) is 5.99. The van der Waals surface area contributed by atoms with Crippen LogP contribution in [0.1, 0.15) is 48.5 Å². The van der Waals surface area contributed by atoms with Crippen LogP contribution in [-0.4, -0.2) is 70.3 Å². The number of H-pyrrole nitrogens is 1. The lowest BCUT2D eigenvalue weighted by Gasteiger charge is -2.39. The molecule has 4 rings (SSSR count). The van der Waals surface area contributed by atoms with Gasteiger partial charge in [-0.3, -0.25) is 19.8 Å². The van der Waals surface area contributed by atoms with E-state index in [0.717, 1.165) is 51.0 Å². The van der Waals surface area contributed by atoms with Crippen molar-refractivity contribution < 1.29 is 9.53 Å². The Hall–Kier alpha value is -2.25. The number of likely N-dealkylation sites (tertiary alicyclic amines) is 1. The fraction of sp³-hybridized carbons (Fsp3) is 0.571. The fourth-order valence-electron chi connectivity index (χ4n) is 4.40. The molecule has 2 aliphatic rings. The SMILES string of the molecule is CCc1cn[nH]c1C1CCN(C(=O)C(c2cccnc2)N2CCOCC2)CC1. The number of hydrogen-bond acceptors (Lipinski definition) is 5. The molecule has 0 aromatic carbocycles. The van der Waals surface area contributed by atoms with Crippen LogP contribution in [0.5, 0.6) is 0 Å². The van der Waals surface area contributed by atoms with Gasteiger partial charge in [0, 0.05) is 50.2 Å². The molecule has 1 atom stereocenters. The molecule has 2 fully saturated rings. The van der Waals surface area contributed by atoms with Gasteiger partial charge in [-0.2, -0.15) is 5.10 Å². The number of aromatic amines is 1. The summed E-state index contributed by atoms with van der Waals surface area (Å²) in [5, 5.41) is 7.41. The van der Waals surface area contributed by atoms with Crippen LogP contribution in [0.15, 0.2) is 30.7 Å². The van der Waals surface area contributed by atoms with E-state index in [4.69, 9.17) is 4.74 Å². The van der Waals surface area contributed by atoms with E-state index in [1.165, 1.54) is 11.3 Å². The minimum Gasteiger partial charge on any atom is -0.379 e. The summed E-state index contributed by atoms with van der Waals surface area (Å²) in [6.45, 7) is 6.62. The molecule has 150 valence electrons. The molecule has 28 heavy (non-hydrogen) atoms. The summed E-state index contributed by atoms with van der Waals surface area (Å²) in [4.78, 5) is 22.0. The van der Waals surface area contributed by atoms with Crippen LogP contribution >= 0.6 is 0 Å². The molecule has 2 aromatic rings. The number of nitrogens with one attached hydrogen (secondary N) is 1. The van der Waals surface area contributed by atoms with E-state index in [1.807, 2.05) is 29.4 Å². The number of carbonyl (C=O) groups excluding carboxylic acids is 1. The molecule has 0 spiro atoms. The van der Waals surface area contributed by atoms with Gasteiger partial charge in [0.05, 0.1) is 19.4 Å². The van der Waals surface area contributed by atoms with E-state index >= 15 is 0 Å². The molecule has 7 nitrogen and oxygen atoms in total. The molecule has 2 aliphatic heterocycles. The largest absolute Gasteiger partial charge is 0.379 e. The second-order valence-electron chi connectivity index (χ2n) is 7.60. The zero-order valence-corrected chi connectivity index (χ0v) is 16.5. The lowest BCUT2D eigenvalue weighted by molar-refractivity contribution is -0.140. The number of pyridine rings is 1. The third-order valence-corrected chi connectivity index (χ3v) is 5.99. The molecule has 2 saturated heterocycles. The maximum atomic E-state index is 13.5. The number of hydrogen-bond donors (Lipinski definition) is 1. The molecule has 0 saturated carbocycles. The maximum absolute atomic E-state index is 13.5. The van der Waals surface area contributed by atoms with Gasteiger partial charge in [0.25, 0.3) is 0 Å². The van der Waals surface area contributed by atoms with Gasteiger partial charge in [-0.05, 0) is 36.5 Å². The highest BCUT2D eigenvalue weighted by Crippen LogP contribution is 2.31. The Labute approximate surface area is 166 Å². The summed E-state index contributed by atoms with van der Waals surface area (Å²) in [6, 6.07) is 3.65. The van der Waals surface area contributed by atoms with E-state index in [0.29, 0.717) is 19.1 Å². The minimum atomic E-state index is -0.271. The average Bonchev–Trinajstić information content (AvgIpc) is 3.24. The van der Waals surface area contributed by atoms with Crippen LogP contribution in [0.25, 0.3) is 0 Å². The maximum Gasteiger partial charge on any atom is 0.244 e. The van der Waals surface area contributed by atoms with Gasteiger partial charge in [-0.25, -0.2) is 0 Å². The number of rotatable bonds is 5. The molecule has 2 aromatic heterocycles. The topological polar surface area (TPSA) is 74.4 Å². The molecule has 0 bridgehead atoms. The van der Waals surface area contributed by atoms with Crippen molar-refractivity contribution in [3.05, 3.63) is 47.5 Å². The van der Waals surface area contributed by atoms with Gasteiger partial charge in [0.15, 0.2) is 0 Å². The number of ether oxygens (including phenoxy) is 1. The van der Waals surface area contributed by atoms with E-state index in [9.17, 15) is 4.79 Å². The van der Waals surface area contributed by atoms with E-state index in [2.05, 4.69) is 27.0 Å². The number of piperidine rings is 1. The van der Waals surface area contributed by atoms with Gasteiger partial charge >= 0.3 is 0 Å². The van der Waals surface area contributed by atoms with Crippen LogP contribution in [0.2, 0.25) is 0 Å². The summed E-state index contributed by atoms with van der Waals surface area (Å²) < 4.78 is 5.50. The normalized spacial score (nSPS) is 20.2. The highest BCUT2D eigenvalue weighted by molar-refractivity contribution is 5.83. The number of carbonyl (C=O) groups is 1. The summed E-state index contributed by atoms with van der Waals surface area (Å²) in [5.74, 6) is 0.649. The Morgan fingerprint density at radius 3 is 2.71 bits per heavy atom. The van der Waals surface area contributed by atoms with Crippen molar-refractivity contribution in [1.29, 1.82) is 0 Å². The number of aromatic nitrogens is 3. The monoisotopic (exact) mass is 383 g/mol. The molecule has 1 unspecified atom stereocenters. The van der Waals surface area contributed by atoms with E-state index < -0.39 is 0 Å². The molecular formula is C21H29N5O2. The summed E-state index contributed by atoms with van der Waals surface area (Å²) >= 11 is 0. The van der Waals surface area contributed by atoms with Crippen molar-refractivity contribution in [2.45, 2.75) is 38.1 Å². The second-order valence-corrected chi connectivity index (χ2v) is 7.60. The first-order valence-electron chi connectivity index (χ1n) is 10.3. The molecule has 1 N–H and O–H groups in total. The Bertz CT molecular complexity index is 764. The minimum absolute atomic E-state index is 0.189. The Morgan fingerprint density at radius 1 is 1.25 bits per heavy atom. The molecule has 4 heterocycles. The van der Waals surface area contributed by atoms with E-state index in [1.54, 1.807) is 6.20 Å². The standard InChI is InChI=1S/C21H29N5O2/c1-2-16-15-23-24-19(16)17-5-8-26(9-6-17)21(27)20(18-4-3-7-22-14-18)25-10-12-28-13-11-25/h3-4,7,14-15,17,20H,2,5-6,8-13H2,1H3,(H,23,24). The lowest BCUT2D eigenvalue weighted by Crippen LogP contribution is -2.49. The molecule has 0 radical (unpaired) electrons. The van der Waals surface area contributed by atoms with Crippen LogP contribution in [0, 0.1) is 0 Å². The van der Waals surface area contributed by atoms with Gasteiger partial charge in [-0.15, -0.1) is 0 Å². The van der Waals surface area contributed by atoms with Crippen molar-refractivity contribution in [2.75, 3.05) is 39.4 Å². The van der Waals surface area contributed by atoms with Crippen LogP contribution in [-0.2, 0) is 16.0 Å². The zero-order valence-electron chi connectivity index (χ0n) is 16.5. The third kappa shape index (κ3) is 3.95. The van der Waals surface area contributed by atoms with Crippen molar-refractivity contribution in [2.24, 2.45) is 0 Å². The Balaban J connectivity index is 1.47. The van der Waals surface area contributed by atoms with Crippen LogP contribution in [0.4, 0.5) is 0 Å². The quantitative estimate of drug-likeness (QED) is 0.856. The zero-order chi connectivity index (χ0) is 19.3. The number of nitrogens with zero attached hydrogens (tertiary/aromatic N) is 4. The highest BCUT2D eigenvalue weighted by atomic mass is 16.5. The Kier molecular flexibility index (Phi) is 6.02. The van der Waals surface area contributed by atoms with Gasteiger partial charge in [0.2, 0.25) is 5.91 Å². The summed E-state index contributed by atoms with van der Waals surface area (Å²) in [5.41, 5.74) is 3.52. The first-order valence-corrected chi connectivity index (χ1v) is 10.3. The summed E-state index contributed by atoms with van der Waals surface area (Å²) in [6.07, 6.45) is 8.46. The number of aryl methyl sites for hydroxylation is 1. The number of amides is 1. The molecule has 1 amide bonds. The molecule has 0 aliphatic carbocycles. The smallest absolute Gasteiger partial charge is 0.244 e. The fourth-order valence-corrected chi connectivity index (χ4v) is 4.40. The van der Waals surface area contributed by atoms with Crippen LogP contribution in [0.3, 0.4) is 0 Å². The molecular weight excluding hydrogens is 354 g/mol. The van der Waals surface area contributed by atoms with Gasteiger partial charge in [0.1, 0.15) is 6.04 Å². The molecule has 7 heteroatoms. The second kappa shape index (κ2) is 8.84. The van der Waals surface area contributed by atoms with Crippen LogP contribution < -0.4 is 0 Å². The van der Waals surface area contributed by atoms with Gasteiger partial charge in [-0.1, -0.05) is 13.0 Å². The predicted octanol–water partition coefficient (Wildman–Crippen LogP) is 2.15. The first-order chi connectivity index (χ1) is 13.8.